The summed E-state index contributed by atoms with van der Waals surface area (Å²) in [5.41, 5.74) is 0. The SMILES string of the molecule is CCCCCc1nnc(NC(=O)[C@@H]2CCCN2C2CCNCC2)s1. The number of nitrogens with zero attached hydrogens (tertiary/aromatic N) is 3. The summed E-state index contributed by atoms with van der Waals surface area (Å²) in [6.45, 7) is 5.36. The number of carbonyl (C=O) groups excluding carboxylic acids is 1. The highest BCUT2D eigenvalue weighted by molar-refractivity contribution is 7.15. The predicted molar refractivity (Wildman–Crippen MR) is 97.4 cm³/mol. The number of hydrogen-bond acceptors (Lipinski definition) is 6. The number of aromatic nitrogens is 2. The molecule has 7 heteroatoms. The first-order chi connectivity index (χ1) is 11.8. The zero-order chi connectivity index (χ0) is 16.8. The molecule has 1 atom stereocenters. The van der Waals surface area contributed by atoms with Crippen molar-refractivity contribution in [1.82, 2.24) is 20.4 Å². The van der Waals surface area contributed by atoms with E-state index in [0.29, 0.717) is 11.2 Å². The molecule has 0 saturated carbocycles. The number of nitrogens with one attached hydrogen (secondary N) is 2. The van der Waals surface area contributed by atoms with Gasteiger partial charge in [0.1, 0.15) is 5.01 Å². The molecule has 2 aliphatic rings. The lowest BCUT2D eigenvalue weighted by Gasteiger charge is -2.34. The lowest BCUT2D eigenvalue weighted by atomic mass is 10.0. The molecule has 0 bridgehead atoms. The standard InChI is InChI=1S/C17H29N5OS/c1-2-3-4-7-15-20-21-17(24-15)19-16(23)14-6-5-12-22(14)13-8-10-18-11-9-13/h13-14,18H,2-12H2,1H3,(H,19,21,23)/t14-/m0/s1. The average Bonchev–Trinajstić information content (AvgIpc) is 3.25. The fourth-order valence-electron chi connectivity index (χ4n) is 3.77. The van der Waals surface area contributed by atoms with Gasteiger partial charge < -0.3 is 5.32 Å². The largest absolute Gasteiger partial charge is 0.317 e. The minimum atomic E-state index is 0.000501. The van der Waals surface area contributed by atoms with Gasteiger partial charge in [-0.1, -0.05) is 31.1 Å². The molecule has 0 aliphatic carbocycles. The first-order valence-corrected chi connectivity index (χ1v) is 10.2. The molecule has 1 aromatic heterocycles. The topological polar surface area (TPSA) is 70.2 Å². The number of carbonyl (C=O) groups is 1. The summed E-state index contributed by atoms with van der Waals surface area (Å²) in [7, 11) is 0. The number of hydrogen-bond donors (Lipinski definition) is 2. The van der Waals surface area contributed by atoms with Crippen molar-refractivity contribution in [2.75, 3.05) is 25.0 Å². The number of likely N-dealkylation sites (tertiary alicyclic amines) is 1. The summed E-state index contributed by atoms with van der Waals surface area (Å²) in [5, 5.41) is 16.5. The monoisotopic (exact) mass is 351 g/mol. The van der Waals surface area contributed by atoms with Crippen LogP contribution in [0.4, 0.5) is 5.13 Å². The second kappa shape index (κ2) is 8.87. The summed E-state index contributed by atoms with van der Waals surface area (Å²) >= 11 is 1.52. The van der Waals surface area contributed by atoms with Crippen molar-refractivity contribution in [3.05, 3.63) is 5.01 Å². The highest BCUT2D eigenvalue weighted by Gasteiger charge is 2.36. The maximum atomic E-state index is 12.7. The van der Waals surface area contributed by atoms with E-state index < -0.39 is 0 Å². The van der Waals surface area contributed by atoms with Crippen molar-refractivity contribution < 1.29 is 4.79 Å². The van der Waals surface area contributed by atoms with E-state index in [4.69, 9.17) is 0 Å². The van der Waals surface area contributed by atoms with Gasteiger partial charge in [0.2, 0.25) is 11.0 Å². The molecule has 2 N–H and O–H groups in total. The average molecular weight is 352 g/mol. The van der Waals surface area contributed by atoms with E-state index in [1.54, 1.807) is 0 Å². The molecule has 2 fully saturated rings. The molecule has 1 aromatic rings. The fraction of sp³-hybridized carbons (Fsp3) is 0.824. The number of anilines is 1. The zero-order valence-corrected chi connectivity index (χ0v) is 15.4. The van der Waals surface area contributed by atoms with E-state index in [1.165, 1.54) is 24.2 Å². The Bertz CT molecular complexity index is 529. The maximum absolute atomic E-state index is 12.7. The molecule has 134 valence electrons. The van der Waals surface area contributed by atoms with Gasteiger partial charge in [-0.15, -0.1) is 10.2 Å². The minimum absolute atomic E-state index is 0.000501. The van der Waals surface area contributed by atoms with Gasteiger partial charge in [-0.05, 0) is 51.7 Å². The lowest BCUT2D eigenvalue weighted by molar-refractivity contribution is -0.121. The molecule has 0 spiro atoms. The summed E-state index contributed by atoms with van der Waals surface area (Å²) in [4.78, 5) is 15.1. The second-order valence-electron chi connectivity index (χ2n) is 6.82. The van der Waals surface area contributed by atoms with Crippen LogP contribution in [-0.2, 0) is 11.2 Å². The minimum Gasteiger partial charge on any atom is -0.317 e. The van der Waals surface area contributed by atoms with Crippen molar-refractivity contribution >= 4 is 22.4 Å². The number of unbranched alkanes of at least 4 members (excludes halogenated alkanes) is 2. The molecular weight excluding hydrogens is 322 g/mol. The van der Waals surface area contributed by atoms with Gasteiger partial charge in [-0.3, -0.25) is 15.0 Å². The first kappa shape index (κ1) is 17.8. The lowest BCUT2D eigenvalue weighted by Crippen LogP contribution is -2.49. The Labute approximate surface area is 148 Å². The first-order valence-electron chi connectivity index (χ1n) is 9.37. The molecule has 2 saturated heterocycles. The van der Waals surface area contributed by atoms with Crippen LogP contribution in [0.1, 0.15) is 56.9 Å². The molecule has 0 unspecified atom stereocenters. The van der Waals surface area contributed by atoms with Crippen molar-refractivity contribution in [1.29, 1.82) is 0 Å². The summed E-state index contributed by atoms with van der Waals surface area (Å²) in [5.74, 6) is 0.0993. The zero-order valence-electron chi connectivity index (χ0n) is 14.6. The Morgan fingerprint density at radius 3 is 2.92 bits per heavy atom. The molecule has 6 nitrogen and oxygen atoms in total. The van der Waals surface area contributed by atoms with Crippen LogP contribution in [0.3, 0.4) is 0 Å². The van der Waals surface area contributed by atoms with Gasteiger partial charge in [0, 0.05) is 12.5 Å². The van der Waals surface area contributed by atoms with Gasteiger partial charge in [-0.2, -0.15) is 0 Å². The van der Waals surface area contributed by atoms with Crippen LogP contribution < -0.4 is 10.6 Å². The molecule has 0 radical (unpaired) electrons. The van der Waals surface area contributed by atoms with E-state index in [-0.39, 0.29) is 11.9 Å². The van der Waals surface area contributed by atoms with Crippen LogP contribution in [0.2, 0.25) is 0 Å². The normalized spacial score (nSPS) is 22.8. The van der Waals surface area contributed by atoms with E-state index in [1.807, 2.05) is 0 Å². The molecule has 2 aliphatic heterocycles. The summed E-state index contributed by atoms with van der Waals surface area (Å²) in [6, 6.07) is 0.545. The molecule has 24 heavy (non-hydrogen) atoms. The predicted octanol–water partition coefficient (Wildman–Crippen LogP) is 2.43. The van der Waals surface area contributed by atoms with Gasteiger partial charge in [-0.25, -0.2) is 0 Å². The second-order valence-corrected chi connectivity index (χ2v) is 7.89. The van der Waals surface area contributed by atoms with Gasteiger partial charge in [0.05, 0.1) is 6.04 Å². The van der Waals surface area contributed by atoms with Gasteiger partial charge >= 0.3 is 0 Å². The Morgan fingerprint density at radius 1 is 1.29 bits per heavy atom. The van der Waals surface area contributed by atoms with E-state index in [9.17, 15) is 4.79 Å². The highest BCUT2D eigenvalue weighted by atomic mass is 32.1. The number of aryl methyl sites for hydroxylation is 1. The van der Waals surface area contributed by atoms with E-state index in [0.717, 1.165) is 63.2 Å². The molecule has 1 amide bonds. The molecule has 3 heterocycles. The fourth-order valence-corrected chi connectivity index (χ4v) is 4.55. The number of piperidine rings is 1. The van der Waals surface area contributed by atoms with Crippen molar-refractivity contribution in [2.24, 2.45) is 0 Å². The van der Waals surface area contributed by atoms with Crippen LogP contribution in [0, 0.1) is 0 Å². The van der Waals surface area contributed by atoms with Crippen molar-refractivity contribution in [3.63, 3.8) is 0 Å². The molecule has 0 aromatic carbocycles. The molecular formula is C17H29N5OS. The molecule has 3 rings (SSSR count). The van der Waals surface area contributed by atoms with Crippen LogP contribution in [0.15, 0.2) is 0 Å². The Kier molecular flexibility index (Phi) is 6.57. The Hall–Kier alpha value is -1.05. The maximum Gasteiger partial charge on any atom is 0.243 e. The van der Waals surface area contributed by atoms with Crippen molar-refractivity contribution in [2.45, 2.75) is 70.4 Å². The number of rotatable bonds is 7. The quantitative estimate of drug-likeness (QED) is 0.738. The third-order valence-electron chi connectivity index (χ3n) is 5.07. The van der Waals surface area contributed by atoms with E-state index in [2.05, 4.69) is 32.7 Å². The van der Waals surface area contributed by atoms with Gasteiger partial charge in [0.15, 0.2) is 0 Å². The highest BCUT2D eigenvalue weighted by Crippen LogP contribution is 2.26. The third-order valence-corrected chi connectivity index (χ3v) is 5.96. The summed E-state index contributed by atoms with van der Waals surface area (Å²) < 4.78 is 0. The third kappa shape index (κ3) is 4.52. The smallest absolute Gasteiger partial charge is 0.243 e. The van der Waals surface area contributed by atoms with Crippen LogP contribution in [0.25, 0.3) is 0 Å². The Balaban J connectivity index is 1.53. The van der Waals surface area contributed by atoms with E-state index >= 15 is 0 Å². The summed E-state index contributed by atoms with van der Waals surface area (Å²) in [6.07, 6.45) is 8.88. The van der Waals surface area contributed by atoms with Crippen LogP contribution in [-0.4, -0.2) is 52.7 Å². The Morgan fingerprint density at radius 2 is 2.12 bits per heavy atom. The van der Waals surface area contributed by atoms with Crippen LogP contribution >= 0.6 is 11.3 Å². The number of amides is 1. The van der Waals surface area contributed by atoms with Crippen LogP contribution in [0.5, 0.6) is 0 Å². The van der Waals surface area contributed by atoms with Gasteiger partial charge in [0.25, 0.3) is 0 Å². The van der Waals surface area contributed by atoms with Crippen molar-refractivity contribution in [3.8, 4) is 0 Å².